The van der Waals surface area contributed by atoms with Gasteiger partial charge >= 0.3 is 0 Å². The number of amides is 1. The van der Waals surface area contributed by atoms with Gasteiger partial charge in [0.1, 0.15) is 11.5 Å². The van der Waals surface area contributed by atoms with Crippen molar-refractivity contribution in [1.29, 1.82) is 0 Å². The Morgan fingerprint density at radius 3 is 2.56 bits per heavy atom. The minimum Gasteiger partial charge on any atom is -0.339 e. The number of hydrogen-bond donors (Lipinski definition) is 1. The molecule has 1 unspecified atom stereocenters. The zero-order valence-electron chi connectivity index (χ0n) is 13.9. The molecule has 5 nitrogen and oxygen atoms in total. The Kier molecular flexibility index (Phi) is 3.90. The third-order valence-corrected chi connectivity index (χ3v) is 4.34. The third-order valence-electron chi connectivity index (χ3n) is 4.34. The number of para-hydroxylation sites is 2. The standard InChI is InChI=1S/C20H18N4O/c1-14-11-15-7-5-6-10-18(15)24(14)20(25)17-12-22-19(13-21-17)23-16-8-3-2-4-9-16/h2-10,12-14H,11H2,1H3,(H,22,23). The highest BCUT2D eigenvalue weighted by Crippen LogP contribution is 2.32. The van der Waals surface area contributed by atoms with E-state index < -0.39 is 0 Å². The number of hydrogen-bond acceptors (Lipinski definition) is 4. The van der Waals surface area contributed by atoms with E-state index in [-0.39, 0.29) is 11.9 Å². The van der Waals surface area contributed by atoms with Crippen molar-refractivity contribution in [2.24, 2.45) is 0 Å². The van der Waals surface area contributed by atoms with Crippen LogP contribution in [-0.4, -0.2) is 21.9 Å². The van der Waals surface area contributed by atoms with Gasteiger partial charge in [-0.25, -0.2) is 9.97 Å². The summed E-state index contributed by atoms with van der Waals surface area (Å²) in [6.45, 7) is 2.05. The summed E-state index contributed by atoms with van der Waals surface area (Å²) < 4.78 is 0. The SMILES string of the molecule is CC1Cc2ccccc2N1C(=O)c1cnc(Nc2ccccc2)cn1. The summed E-state index contributed by atoms with van der Waals surface area (Å²) in [5, 5.41) is 3.17. The van der Waals surface area contributed by atoms with Gasteiger partial charge in [0, 0.05) is 17.4 Å². The maximum absolute atomic E-state index is 12.9. The van der Waals surface area contributed by atoms with E-state index in [1.165, 1.54) is 11.8 Å². The first-order chi connectivity index (χ1) is 12.2. The maximum Gasteiger partial charge on any atom is 0.278 e. The molecule has 1 aromatic heterocycles. The van der Waals surface area contributed by atoms with Crippen molar-refractivity contribution in [3.05, 3.63) is 78.2 Å². The van der Waals surface area contributed by atoms with Gasteiger partial charge < -0.3 is 10.2 Å². The van der Waals surface area contributed by atoms with Crippen LogP contribution in [0.25, 0.3) is 0 Å². The van der Waals surface area contributed by atoms with Gasteiger partial charge in [-0.2, -0.15) is 0 Å². The van der Waals surface area contributed by atoms with Gasteiger partial charge in [0.2, 0.25) is 0 Å². The average molecular weight is 330 g/mol. The minimum atomic E-state index is -0.115. The first-order valence-electron chi connectivity index (χ1n) is 8.28. The fraction of sp³-hybridized carbons (Fsp3) is 0.150. The van der Waals surface area contributed by atoms with Crippen molar-refractivity contribution < 1.29 is 4.79 Å². The minimum absolute atomic E-state index is 0.115. The zero-order chi connectivity index (χ0) is 17.2. The van der Waals surface area contributed by atoms with Crippen LogP contribution in [0.15, 0.2) is 67.0 Å². The van der Waals surface area contributed by atoms with Crippen LogP contribution >= 0.6 is 0 Å². The molecule has 1 N–H and O–H groups in total. The van der Waals surface area contributed by atoms with E-state index in [0.717, 1.165) is 17.8 Å². The Balaban J connectivity index is 1.55. The summed E-state index contributed by atoms with van der Waals surface area (Å²) in [4.78, 5) is 23.3. The lowest BCUT2D eigenvalue weighted by molar-refractivity contribution is 0.0976. The quantitative estimate of drug-likeness (QED) is 0.793. The van der Waals surface area contributed by atoms with E-state index in [4.69, 9.17) is 0 Å². The molecule has 1 amide bonds. The van der Waals surface area contributed by atoms with E-state index in [1.54, 1.807) is 6.20 Å². The van der Waals surface area contributed by atoms with Gasteiger partial charge in [-0.3, -0.25) is 4.79 Å². The average Bonchev–Trinajstić information content (AvgIpc) is 2.98. The van der Waals surface area contributed by atoms with Crippen LogP contribution in [0.3, 0.4) is 0 Å². The molecule has 1 atom stereocenters. The molecule has 0 spiro atoms. The molecule has 0 fully saturated rings. The highest BCUT2D eigenvalue weighted by atomic mass is 16.2. The number of carbonyl (C=O) groups excluding carboxylic acids is 1. The van der Waals surface area contributed by atoms with Crippen molar-refractivity contribution >= 4 is 23.1 Å². The second-order valence-corrected chi connectivity index (χ2v) is 6.13. The molecule has 3 aromatic rings. The largest absolute Gasteiger partial charge is 0.339 e. The summed E-state index contributed by atoms with van der Waals surface area (Å²) >= 11 is 0. The van der Waals surface area contributed by atoms with Crippen LogP contribution in [0.2, 0.25) is 0 Å². The van der Waals surface area contributed by atoms with E-state index in [9.17, 15) is 4.79 Å². The predicted molar refractivity (Wildman–Crippen MR) is 98.2 cm³/mol. The Bertz CT molecular complexity index is 893. The number of nitrogens with one attached hydrogen (secondary N) is 1. The molecule has 1 aliphatic rings. The lowest BCUT2D eigenvalue weighted by Gasteiger charge is -2.22. The Labute approximate surface area is 146 Å². The summed E-state index contributed by atoms with van der Waals surface area (Å²) in [5.74, 6) is 0.494. The smallest absolute Gasteiger partial charge is 0.278 e. The molecule has 2 heterocycles. The van der Waals surface area contributed by atoms with Gasteiger partial charge in [-0.15, -0.1) is 0 Å². The van der Waals surface area contributed by atoms with Crippen molar-refractivity contribution in [2.75, 3.05) is 10.2 Å². The molecule has 0 saturated heterocycles. The van der Waals surface area contributed by atoms with Gasteiger partial charge in [0.15, 0.2) is 0 Å². The summed E-state index contributed by atoms with van der Waals surface area (Å²) in [7, 11) is 0. The number of fused-ring (bicyclic) bond motifs is 1. The molecule has 0 bridgehead atoms. The van der Waals surface area contributed by atoms with E-state index in [2.05, 4.69) is 28.3 Å². The number of benzene rings is 2. The molecule has 4 rings (SSSR count). The highest BCUT2D eigenvalue weighted by molar-refractivity contribution is 6.06. The van der Waals surface area contributed by atoms with Crippen molar-refractivity contribution in [3.63, 3.8) is 0 Å². The first-order valence-corrected chi connectivity index (χ1v) is 8.28. The number of carbonyl (C=O) groups is 1. The topological polar surface area (TPSA) is 58.1 Å². The molecule has 1 aliphatic heterocycles. The molecule has 5 heteroatoms. The number of rotatable bonds is 3. The molecule has 0 aliphatic carbocycles. The van der Waals surface area contributed by atoms with Gasteiger partial charge in [0.25, 0.3) is 5.91 Å². The maximum atomic E-state index is 12.9. The Morgan fingerprint density at radius 1 is 1.04 bits per heavy atom. The van der Waals surface area contributed by atoms with Crippen molar-refractivity contribution in [1.82, 2.24) is 9.97 Å². The highest BCUT2D eigenvalue weighted by Gasteiger charge is 2.31. The normalized spacial score (nSPS) is 15.7. The molecule has 124 valence electrons. The number of aromatic nitrogens is 2. The predicted octanol–water partition coefficient (Wildman–Crippen LogP) is 3.81. The summed E-state index contributed by atoms with van der Waals surface area (Å²) in [6.07, 6.45) is 3.98. The van der Waals surface area contributed by atoms with Gasteiger partial charge in [-0.1, -0.05) is 36.4 Å². The van der Waals surface area contributed by atoms with E-state index in [1.807, 2.05) is 53.4 Å². The summed E-state index contributed by atoms with van der Waals surface area (Å²) in [6, 6.07) is 17.9. The second kappa shape index (κ2) is 6.36. The molecule has 0 radical (unpaired) electrons. The second-order valence-electron chi connectivity index (χ2n) is 6.13. The molecule has 25 heavy (non-hydrogen) atoms. The van der Waals surface area contributed by atoms with Gasteiger partial charge in [-0.05, 0) is 37.1 Å². The lowest BCUT2D eigenvalue weighted by Crippen LogP contribution is -2.36. The van der Waals surface area contributed by atoms with E-state index >= 15 is 0 Å². The van der Waals surface area contributed by atoms with Crippen LogP contribution in [-0.2, 0) is 6.42 Å². The van der Waals surface area contributed by atoms with Crippen LogP contribution in [0.5, 0.6) is 0 Å². The van der Waals surface area contributed by atoms with Crippen molar-refractivity contribution in [2.45, 2.75) is 19.4 Å². The molecule has 0 saturated carbocycles. The molecular formula is C20H18N4O. The monoisotopic (exact) mass is 330 g/mol. The van der Waals surface area contributed by atoms with Crippen molar-refractivity contribution in [3.8, 4) is 0 Å². The molecular weight excluding hydrogens is 312 g/mol. The lowest BCUT2D eigenvalue weighted by atomic mass is 10.1. The first kappa shape index (κ1) is 15.3. The fourth-order valence-corrected chi connectivity index (χ4v) is 3.17. The zero-order valence-corrected chi connectivity index (χ0v) is 13.9. The summed E-state index contributed by atoms with van der Waals surface area (Å²) in [5.41, 5.74) is 3.44. The fourth-order valence-electron chi connectivity index (χ4n) is 3.17. The van der Waals surface area contributed by atoms with Gasteiger partial charge in [0.05, 0.1) is 12.4 Å². The Hall–Kier alpha value is -3.21. The Morgan fingerprint density at radius 2 is 1.80 bits per heavy atom. The number of nitrogens with zero attached hydrogens (tertiary/aromatic N) is 3. The molecule has 2 aromatic carbocycles. The van der Waals surface area contributed by atoms with Crippen LogP contribution < -0.4 is 10.2 Å². The van der Waals surface area contributed by atoms with E-state index in [0.29, 0.717) is 11.5 Å². The van der Waals surface area contributed by atoms with Crippen LogP contribution in [0, 0.1) is 0 Å². The van der Waals surface area contributed by atoms with Crippen LogP contribution in [0.4, 0.5) is 17.2 Å². The third kappa shape index (κ3) is 2.96. The number of anilines is 3. The van der Waals surface area contributed by atoms with Crippen LogP contribution in [0.1, 0.15) is 23.0 Å².